The van der Waals surface area contributed by atoms with Crippen LogP contribution in [-0.4, -0.2) is 39.5 Å². The number of hydrogen-bond donors (Lipinski definition) is 1. The molecule has 0 atom stereocenters. The molecule has 170 valence electrons. The predicted octanol–water partition coefficient (Wildman–Crippen LogP) is 5.35. The minimum absolute atomic E-state index is 0.0101. The van der Waals surface area contributed by atoms with Gasteiger partial charge < -0.3 is 14.6 Å². The first-order valence-corrected chi connectivity index (χ1v) is 11.4. The highest BCUT2D eigenvalue weighted by Gasteiger charge is 2.40. The second-order valence-corrected chi connectivity index (χ2v) is 10.0. The van der Waals surface area contributed by atoms with E-state index in [1.807, 2.05) is 0 Å². The van der Waals surface area contributed by atoms with Crippen molar-refractivity contribution in [3.8, 4) is 11.3 Å². The molecule has 31 heavy (non-hydrogen) atoms. The highest BCUT2D eigenvalue weighted by Crippen LogP contribution is 2.32. The van der Waals surface area contributed by atoms with E-state index in [9.17, 15) is 9.18 Å². The van der Waals surface area contributed by atoms with E-state index in [2.05, 4.69) is 49.8 Å². The van der Waals surface area contributed by atoms with Crippen LogP contribution in [0.15, 0.2) is 34.9 Å². The van der Waals surface area contributed by atoms with Crippen LogP contribution in [0.2, 0.25) is 0 Å². The molecule has 1 fully saturated rings. The Hall–Kier alpha value is -2.21. The van der Waals surface area contributed by atoms with Gasteiger partial charge in [0.2, 0.25) is 5.91 Å². The molecule has 1 aliphatic heterocycles. The van der Waals surface area contributed by atoms with Crippen LogP contribution in [0.1, 0.15) is 72.6 Å². The number of rotatable bonds is 8. The van der Waals surface area contributed by atoms with Gasteiger partial charge in [0.05, 0.1) is 6.20 Å². The highest BCUT2D eigenvalue weighted by atomic mass is 19.1. The molecular formula is C25H36FN3O2. The number of carbonyl (C=O) groups excluding carboxylic acids is 1. The number of aromatic nitrogens is 1. The summed E-state index contributed by atoms with van der Waals surface area (Å²) in [5.74, 6) is 1.00. The van der Waals surface area contributed by atoms with Gasteiger partial charge in [-0.25, -0.2) is 9.37 Å². The van der Waals surface area contributed by atoms with Crippen LogP contribution in [0.4, 0.5) is 4.39 Å². The number of unbranched alkanes of at least 4 members (excludes halogenated alkanes) is 1. The average molecular weight is 430 g/mol. The van der Waals surface area contributed by atoms with Gasteiger partial charge in [-0.15, -0.1) is 0 Å². The molecule has 1 saturated heterocycles. The van der Waals surface area contributed by atoms with Gasteiger partial charge >= 0.3 is 0 Å². The summed E-state index contributed by atoms with van der Waals surface area (Å²) >= 11 is 0. The third kappa shape index (κ3) is 6.39. The monoisotopic (exact) mass is 429 g/mol. The number of benzene rings is 1. The number of hydrogen-bond acceptors (Lipinski definition) is 4. The highest BCUT2D eigenvalue weighted by molar-refractivity contribution is 5.76. The number of nitrogens with one attached hydrogen (secondary N) is 1. The van der Waals surface area contributed by atoms with Crippen molar-refractivity contribution < 1.29 is 13.6 Å². The maximum absolute atomic E-state index is 13.3. The summed E-state index contributed by atoms with van der Waals surface area (Å²) in [6.07, 6.45) is 6.42. The molecule has 0 unspecified atom stereocenters. The van der Waals surface area contributed by atoms with Gasteiger partial charge in [-0.05, 0) is 71.2 Å². The van der Waals surface area contributed by atoms with Gasteiger partial charge in [0.15, 0.2) is 11.7 Å². The van der Waals surface area contributed by atoms with Crippen LogP contribution >= 0.6 is 0 Å². The topological polar surface area (TPSA) is 58.4 Å². The van der Waals surface area contributed by atoms with Crippen molar-refractivity contribution >= 4 is 5.91 Å². The van der Waals surface area contributed by atoms with E-state index in [1.54, 1.807) is 18.3 Å². The molecular weight excluding hydrogens is 393 g/mol. The number of nitrogens with zero attached hydrogens (tertiary/aromatic N) is 2. The molecule has 5 nitrogen and oxygen atoms in total. The Balaban J connectivity index is 1.66. The van der Waals surface area contributed by atoms with E-state index in [0.29, 0.717) is 24.5 Å². The molecule has 0 bridgehead atoms. The van der Waals surface area contributed by atoms with E-state index in [1.165, 1.54) is 12.1 Å². The van der Waals surface area contributed by atoms with Crippen LogP contribution in [0, 0.1) is 5.82 Å². The maximum Gasteiger partial charge on any atom is 0.223 e. The van der Waals surface area contributed by atoms with Crippen molar-refractivity contribution in [2.24, 2.45) is 0 Å². The van der Waals surface area contributed by atoms with E-state index >= 15 is 0 Å². The lowest BCUT2D eigenvalue weighted by atomic mass is 9.79. The largest absolute Gasteiger partial charge is 0.441 e. The lowest BCUT2D eigenvalue weighted by Gasteiger charge is -2.49. The number of piperidine rings is 1. The predicted molar refractivity (Wildman–Crippen MR) is 121 cm³/mol. The van der Waals surface area contributed by atoms with Crippen LogP contribution < -0.4 is 5.32 Å². The first-order chi connectivity index (χ1) is 14.6. The van der Waals surface area contributed by atoms with E-state index in [4.69, 9.17) is 4.42 Å². The third-order valence-corrected chi connectivity index (χ3v) is 5.92. The van der Waals surface area contributed by atoms with Crippen LogP contribution in [0.3, 0.4) is 0 Å². The zero-order valence-electron chi connectivity index (χ0n) is 19.5. The molecule has 1 aromatic heterocycles. The van der Waals surface area contributed by atoms with Gasteiger partial charge in [0.1, 0.15) is 5.82 Å². The first kappa shape index (κ1) is 23.5. The SMILES string of the molecule is CCCCN(C(=O)CCc1ncc(-c2ccc(F)cc2)o1)C1CC(C)(C)NC(C)(C)C1. The van der Waals surface area contributed by atoms with E-state index in [-0.39, 0.29) is 28.8 Å². The standard InChI is InChI=1S/C25H36FN3O2/c1-6-7-14-29(20-15-24(2,3)28-25(4,5)16-20)23(30)13-12-22-27-17-21(31-22)18-8-10-19(26)11-9-18/h8-11,17,20,28H,6-7,12-16H2,1-5H3. The maximum atomic E-state index is 13.3. The Morgan fingerprint density at radius 1 is 1.19 bits per heavy atom. The van der Waals surface area contributed by atoms with Gasteiger partial charge in [0.25, 0.3) is 0 Å². The van der Waals surface area contributed by atoms with E-state index in [0.717, 1.165) is 37.8 Å². The molecule has 3 rings (SSSR count). The van der Waals surface area contributed by atoms with Gasteiger partial charge in [-0.1, -0.05) is 13.3 Å². The lowest BCUT2D eigenvalue weighted by molar-refractivity contribution is -0.135. The average Bonchev–Trinajstić information content (AvgIpc) is 3.14. The fraction of sp³-hybridized carbons (Fsp3) is 0.600. The minimum atomic E-state index is -0.287. The molecule has 1 amide bonds. The Kier molecular flexibility index (Phi) is 7.20. The zero-order chi connectivity index (χ0) is 22.6. The summed E-state index contributed by atoms with van der Waals surface area (Å²) in [6.45, 7) is 11.8. The molecule has 6 heteroatoms. The summed E-state index contributed by atoms with van der Waals surface area (Å²) in [7, 11) is 0. The molecule has 0 spiro atoms. The second kappa shape index (κ2) is 9.51. The number of aryl methyl sites for hydroxylation is 1. The van der Waals surface area contributed by atoms with Gasteiger partial charge in [-0.2, -0.15) is 0 Å². The van der Waals surface area contributed by atoms with Crippen LogP contribution in [0.5, 0.6) is 0 Å². The van der Waals surface area contributed by atoms with Gasteiger partial charge in [-0.3, -0.25) is 4.79 Å². The summed E-state index contributed by atoms with van der Waals surface area (Å²) in [5.41, 5.74) is 0.753. The Morgan fingerprint density at radius 3 is 2.45 bits per heavy atom. The summed E-state index contributed by atoms with van der Waals surface area (Å²) in [6, 6.07) is 6.35. The third-order valence-electron chi connectivity index (χ3n) is 5.92. The van der Waals surface area contributed by atoms with Crippen molar-refractivity contribution in [3.63, 3.8) is 0 Å². The summed E-state index contributed by atoms with van der Waals surface area (Å²) in [4.78, 5) is 19.7. The van der Waals surface area contributed by atoms with Crippen molar-refractivity contribution in [2.75, 3.05) is 6.54 Å². The second-order valence-electron chi connectivity index (χ2n) is 10.0. The smallest absolute Gasteiger partial charge is 0.223 e. The lowest BCUT2D eigenvalue weighted by Crippen LogP contribution is -2.62. The van der Waals surface area contributed by atoms with Crippen LogP contribution in [0.25, 0.3) is 11.3 Å². The molecule has 1 aliphatic rings. The van der Waals surface area contributed by atoms with Crippen LogP contribution in [-0.2, 0) is 11.2 Å². The normalized spacial score (nSPS) is 18.1. The summed E-state index contributed by atoms with van der Waals surface area (Å²) in [5, 5.41) is 3.71. The van der Waals surface area contributed by atoms with Crippen molar-refractivity contribution in [2.45, 2.75) is 90.3 Å². The quantitative estimate of drug-likeness (QED) is 0.614. The number of amides is 1. The molecule has 2 aromatic rings. The Labute approximate surface area is 185 Å². The Morgan fingerprint density at radius 2 is 1.84 bits per heavy atom. The molecule has 0 radical (unpaired) electrons. The molecule has 0 saturated carbocycles. The molecule has 2 heterocycles. The molecule has 1 N–H and O–H groups in total. The van der Waals surface area contributed by atoms with E-state index < -0.39 is 0 Å². The fourth-order valence-electron chi connectivity index (χ4n) is 4.86. The molecule has 1 aromatic carbocycles. The van der Waals surface area contributed by atoms with Crippen molar-refractivity contribution in [1.29, 1.82) is 0 Å². The molecule has 0 aliphatic carbocycles. The van der Waals surface area contributed by atoms with Gasteiger partial charge in [0, 0.05) is 42.1 Å². The first-order valence-electron chi connectivity index (χ1n) is 11.4. The zero-order valence-corrected chi connectivity index (χ0v) is 19.5. The fourth-order valence-corrected chi connectivity index (χ4v) is 4.86. The number of carbonyl (C=O) groups is 1. The van der Waals surface area contributed by atoms with Crippen molar-refractivity contribution in [1.82, 2.24) is 15.2 Å². The minimum Gasteiger partial charge on any atom is -0.441 e. The number of oxazole rings is 1. The number of halogens is 1. The van der Waals surface area contributed by atoms with Crippen molar-refractivity contribution in [3.05, 3.63) is 42.2 Å². The summed E-state index contributed by atoms with van der Waals surface area (Å²) < 4.78 is 19.0. The Bertz CT molecular complexity index is 857.